The van der Waals surface area contributed by atoms with Crippen molar-refractivity contribution in [2.45, 2.75) is 12.8 Å². The van der Waals surface area contributed by atoms with Gasteiger partial charge >= 0.3 is 0 Å². The molecule has 1 aromatic carbocycles. The second kappa shape index (κ2) is 4.95. The van der Waals surface area contributed by atoms with E-state index in [4.69, 9.17) is 14.2 Å². The number of allylic oxidation sites excluding steroid dienone is 2. The van der Waals surface area contributed by atoms with Crippen LogP contribution in [0.3, 0.4) is 0 Å². The normalized spacial score (nSPS) is 12.3. The zero-order valence-corrected chi connectivity index (χ0v) is 9.99. The summed E-state index contributed by atoms with van der Waals surface area (Å²) in [6.45, 7) is 7.78. The largest absolute Gasteiger partial charge is 0.496 e. The molecule has 0 unspecified atom stereocenters. The van der Waals surface area contributed by atoms with E-state index in [9.17, 15) is 0 Å². The van der Waals surface area contributed by atoms with Crippen molar-refractivity contribution in [3.63, 3.8) is 0 Å². The van der Waals surface area contributed by atoms with Gasteiger partial charge in [0, 0.05) is 11.1 Å². The van der Waals surface area contributed by atoms with E-state index in [0.29, 0.717) is 6.42 Å². The van der Waals surface area contributed by atoms with Crippen molar-refractivity contribution >= 4 is 0 Å². The van der Waals surface area contributed by atoms with Crippen molar-refractivity contribution in [3.05, 3.63) is 42.5 Å². The number of methoxy groups -OCH3 is 1. The van der Waals surface area contributed by atoms with Gasteiger partial charge in [0.2, 0.25) is 6.79 Å². The summed E-state index contributed by atoms with van der Waals surface area (Å²) in [5.41, 5.74) is 2.05. The first kappa shape index (κ1) is 11.6. The minimum atomic E-state index is 0.264. The summed E-state index contributed by atoms with van der Waals surface area (Å²) in [6, 6.07) is 1.95. The fraction of sp³-hybridized carbons (Fsp3) is 0.286. The highest BCUT2D eigenvalue weighted by Gasteiger charge is 2.23. The van der Waals surface area contributed by atoms with Crippen molar-refractivity contribution in [2.75, 3.05) is 13.9 Å². The van der Waals surface area contributed by atoms with E-state index in [2.05, 4.69) is 13.2 Å². The van der Waals surface area contributed by atoms with Gasteiger partial charge in [0.1, 0.15) is 5.75 Å². The van der Waals surface area contributed by atoms with Crippen LogP contribution < -0.4 is 14.2 Å². The molecular weight excluding hydrogens is 216 g/mol. The highest BCUT2D eigenvalue weighted by Crippen LogP contribution is 2.43. The van der Waals surface area contributed by atoms with E-state index in [-0.39, 0.29) is 6.79 Å². The first-order chi connectivity index (χ1) is 8.31. The van der Waals surface area contributed by atoms with E-state index >= 15 is 0 Å². The lowest BCUT2D eigenvalue weighted by atomic mass is 10.0. The van der Waals surface area contributed by atoms with Gasteiger partial charge < -0.3 is 14.2 Å². The minimum absolute atomic E-state index is 0.264. The fourth-order valence-corrected chi connectivity index (χ4v) is 2.04. The maximum absolute atomic E-state index is 5.48. The second-order valence-corrected chi connectivity index (χ2v) is 3.77. The summed E-state index contributed by atoms with van der Waals surface area (Å²) in [4.78, 5) is 0. The van der Waals surface area contributed by atoms with E-state index in [1.165, 1.54) is 0 Å². The van der Waals surface area contributed by atoms with Crippen LogP contribution in [0.15, 0.2) is 31.4 Å². The Labute approximate surface area is 101 Å². The number of hydrogen-bond acceptors (Lipinski definition) is 3. The lowest BCUT2D eigenvalue weighted by molar-refractivity contribution is 0.173. The number of rotatable bonds is 5. The van der Waals surface area contributed by atoms with Crippen molar-refractivity contribution in [3.8, 4) is 17.2 Å². The van der Waals surface area contributed by atoms with E-state index in [1.54, 1.807) is 7.11 Å². The Kier molecular flexibility index (Phi) is 3.38. The number of hydrogen-bond donors (Lipinski definition) is 0. The predicted octanol–water partition coefficient (Wildman–Crippen LogP) is 2.88. The summed E-state index contributed by atoms with van der Waals surface area (Å²) in [5, 5.41) is 0. The van der Waals surface area contributed by atoms with Gasteiger partial charge in [-0.25, -0.2) is 0 Å². The van der Waals surface area contributed by atoms with Crippen LogP contribution in [-0.4, -0.2) is 13.9 Å². The molecule has 0 radical (unpaired) electrons. The quantitative estimate of drug-likeness (QED) is 0.730. The Bertz CT molecular complexity index is 449. The second-order valence-electron chi connectivity index (χ2n) is 3.77. The zero-order chi connectivity index (χ0) is 12.3. The Balaban J connectivity index is 2.58. The van der Waals surface area contributed by atoms with Crippen LogP contribution in [0.4, 0.5) is 0 Å². The maximum Gasteiger partial charge on any atom is 0.231 e. The van der Waals surface area contributed by atoms with Gasteiger partial charge in [-0.1, -0.05) is 12.2 Å². The topological polar surface area (TPSA) is 27.7 Å². The smallest absolute Gasteiger partial charge is 0.231 e. The van der Waals surface area contributed by atoms with Crippen molar-refractivity contribution in [2.24, 2.45) is 0 Å². The van der Waals surface area contributed by atoms with Crippen LogP contribution in [0.1, 0.15) is 11.1 Å². The third kappa shape index (κ3) is 2.00. The van der Waals surface area contributed by atoms with Gasteiger partial charge in [-0.2, -0.15) is 0 Å². The van der Waals surface area contributed by atoms with Gasteiger partial charge in [0.25, 0.3) is 0 Å². The van der Waals surface area contributed by atoms with Crippen LogP contribution in [0.5, 0.6) is 17.2 Å². The molecule has 0 fully saturated rings. The third-order valence-corrected chi connectivity index (χ3v) is 2.70. The molecule has 2 rings (SSSR count). The van der Waals surface area contributed by atoms with Crippen LogP contribution in [0.25, 0.3) is 0 Å². The van der Waals surface area contributed by atoms with Crippen molar-refractivity contribution < 1.29 is 14.2 Å². The lowest BCUT2D eigenvalue weighted by Crippen LogP contribution is -1.98. The van der Waals surface area contributed by atoms with Crippen LogP contribution in [-0.2, 0) is 12.8 Å². The van der Waals surface area contributed by atoms with E-state index in [1.807, 2.05) is 18.2 Å². The third-order valence-electron chi connectivity index (χ3n) is 2.70. The minimum Gasteiger partial charge on any atom is -0.496 e. The molecule has 3 nitrogen and oxygen atoms in total. The molecule has 0 bridgehead atoms. The molecule has 1 aromatic rings. The first-order valence-electron chi connectivity index (χ1n) is 5.52. The number of ether oxygens (including phenoxy) is 3. The summed E-state index contributed by atoms with van der Waals surface area (Å²) in [7, 11) is 1.66. The molecule has 1 aliphatic heterocycles. The molecule has 0 aliphatic carbocycles. The van der Waals surface area contributed by atoms with Crippen LogP contribution in [0, 0.1) is 0 Å². The lowest BCUT2D eigenvalue weighted by Gasteiger charge is -2.14. The molecule has 0 spiro atoms. The summed E-state index contributed by atoms with van der Waals surface area (Å²) < 4.78 is 16.4. The molecule has 17 heavy (non-hydrogen) atoms. The molecule has 1 heterocycles. The monoisotopic (exact) mass is 232 g/mol. The van der Waals surface area contributed by atoms with E-state index < -0.39 is 0 Å². The summed E-state index contributed by atoms with van der Waals surface area (Å²) in [5.74, 6) is 2.39. The Morgan fingerprint density at radius 1 is 1.29 bits per heavy atom. The van der Waals surface area contributed by atoms with Crippen LogP contribution >= 0.6 is 0 Å². The summed E-state index contributed by atoms with van der Waals surface area (Å²) in [6.07, 6.45) is 5.11. The molecular formula is C14H16O3. The Morgan fingerprint density at radius 2 is 2.06 bits per heavy atom. The molecule has 90 valence electrons. The summed E-state index contributed by atoms with van der Waals surface area (Å²) >= 11 is 0. The molecule has 0 N–H and O–H groups in total. The highest BCUT2D eigenvalue weighted by molar-refractivity contribution is 5.60. The molecule has 0 saturated carbocycles. The highest BCUT2D eigenvalue weighted by atomic mass is 16.7. The van der Waals surface area contributed by atoms with Gasteiger partial charge in [0.15, 0.2) is 11.5 Å². The standard InChI is InChI=1S/C14H16O3/c1-4-6-10-8-12-14(17-9-16-12)11(7-5-2)13(10)15-3/h4-5,8H,1-2,6-7,9H2,3H3. The van der Waals surface area contributed by atoms with Crippen molar-refractivity contribution in [1.29, 1.82) is 0 Å². The predicted molar refractivity (Wildman–Crippen MR) is 66.9 cm³/mol. The van der Waals surface area contributed by atoms with Crippen LogP contribution in [0.2, 0.25) is 0 Å². The molecule has 0 amide bonds. The molecule has 0 atom stereocenters. The molecule has 3 heteroatoms. The van der Waals surface area contributed by atoms with Gasteiger partial charge in [-0.3, -0.25) is 0 Å². The zero-order valence-electron chi connectivity index (χ0n) is 9.99. The average Bonchev–Trinajstić information content (AvgIpc) is 2.78. The van der Waals surface area contributed by atoms with E-state index in [0.717, 1.165) is 34.8 Å². The molecule has 1 aliphatic rings. The average molecular weight is 232 g/mol. The van der Waals surface area contributed by atoms with Crippen molar-refractivity contribution in [1.82, 2.24) is 0 Å². The number of fused-ring (bicyclic) bond motifs is 1. The molecule has 0 aromatic heterocycles. The Morgan fingerprint density at radius 3 is 2.71 bits per heavy atom. The first-order valence-corrected chi connectivity index (χ1v) is 5.52. The Hall–Kier alpha value is -1.90. The SMILES string of the molecule is C=CCc1cc2c(c(CC=C)c1OC)OCO2. The van der Waals surface area contributed by atoms with Gasteiger partial charge in [-0.05, 0) is 18.9 Å². The van der Waals surface area contributed by atoms with Gasteiger partial charge in [0.05, 0.1) is 7.11 Å². The fourth-order valence-electron chi connectivity index (χ4n) is 2.04. The van der Waals surface area contributed by atoms with Gasteiger partial charge in [-0.15, -0.1) is 13.2 Å². The number of benzene rings is 1. The molecule has 0 saturated heterocycles. The maximum atomic E-state index is 5.48.